The maximum atomic E-state index is 12.9. The second kappa shape index (κ2) is 10.3. The van der Waals surface area contributed by atoms with Crippen molar-refractivity contribution in [2.24, 2.45) is 0 Å². The molecule has 0 aliphatic heterocycles. The van der Waals surface area contributed by atoms with Crippen LogP contribution in [-0.4, -0.2) is 40.5 Å². The number of carbonyl (C=O) groups is 1. The van der Waals surface area contributed by atoms with E-state index in [2.05, 4.69) is 10.6 Å². The van der Waals surface area contributed by atoms with Crippen LogP contribution in [0.25, 0.3) is 0 Å². The first-order valence-corrected chi connectivity index (χ1v) is 8.62. The molecule has 0 aromatic heterocycles. The van der Waals surface area contributed by atoms with Crippen LogP contribution in [0.3, 0.4) is 0 Å². The lowest BCUT2D eigenvalue weighted by Gasteiger charge is -2.14. The van der Waals surface area contributed by atoms with Gasteiger partial charge in [-0.05, 0) is 48.2 Å². The number of methoxy groups -OCH3 is 3. The van der Waals surface area contributed by atoms with Crippen LogP contribution in [0.15, 0.2) is 36.4 Å². The third-order valence-electron chi connectivity index (χ3n) is 4.04. The number of halogens is 1. The van der Waals surface area contributed by atoms with E-state index < -0.39 is 0 Å². The van der Waals surface area contributed by atoms with Gasteiger partial charge in [0.1, 0.15) is 5.82 Å². The van der Waals surface area contributed by atoms with E-state index in [-0.39, 0.29) is 11.8 Å². The highest BCUT2D eigenvalue weighted by Gasteiger charge is 2.13. The van der Waals surface area contributed by atoms with E-state index in [0.717, 1.165) is 11.1 Å². The Bertz CT molecular complexity index is 725. The lowest BCUT2D eigenvalue weighted by Crippen LogP contribution is -2.37. The number of carbonyl (C=O) groups excluding carboxylic acids is 1. The van der Waals surface area contributed by atoms with Gasteiger partial charge in [0.05, 0.1) is 21.3 Å². The Morgan fingerprint density at radius 1 is 0.852 bits per heavy atom. The zero-order chi connectivity index (χ0) is 19.6. The maximum absolute atomic E-state index is 12.9. The summed E-state index contributed by atoms with van der Waals surface area (Å²) in [6.07, 6.45) is 1.25. The molecule has 6 nitrogen and oxygen atoms in total. The highest BCUT2D eigenvalue weighted by molar-refractivity contribution is 5.73. The maximum Gasteiger partial charge on any atom is 0.314 e. The molecule has 7 heteroatoms. The SMILES string of the molecule is COc1cc(CCNC(=O)NCCc2ccc(F)cc2)cc(OC)c1OC. The summed E-state index contributed by atoms with van der Waals surface area (Å²) in [5.41, 5.74) is 1.92. The molecule has 2 rings (SSSR count). The van der Waals surface area contributed by atoms with Gasteiger partial charge in [-0.3, -0.25) is 0 Å². The van der Waals surface area contributed by atoms with Crippen molar-refractivity contribution in [1.29, 1.82) is 0 Å². The van der Waals surface area contributed by atoms with E-state index in [1.54, 1.807) is 33.5 Å². The van der Waals surface area contributed by atoms with Crippen LogP contribution in [0.5, 0.6) is 17.2 Å². The number of rotatable bonds is 9. The van der Waals surface area contributed by atoms with Gasteiger partial charge in [-0.15, -0.1) is 0 Å². The van der Waals surface area contributed by atoms with Crippen molar-refractivity contribution in [2.75, 3.05) is 34.4 Å². The minimum atomic E-state index is -0.267. The minimum Gasteiger partial charge on any atom is -0.493 e. The van der Waals surface area contributed by atoms with Crippen molar-refractivity contribution in [1.82, 2.24) is 10.6 Å². The lowest BCUT2D eigenvalue weighted by atomic mass is 10.1. The summed E-state index contributed by atoms with van der Waals surface area (Å²) in [4.78, 5) is 11.9. The van der Waals surface area contributed by atoms with E-state index in [1.807, 2.05) is 12.1 Å². The third kappa shape index (κ3) is 6.06. The van der Waals surface area contributed by atoms with Gasteiger partial charge < -0.3 is 24.8 Å². The molecule has 0 atom stereocenters. The van der Waals surface area contributed by atoms with Crippen molar-refractivity contribution >= 4 is 6.03 Å². The second-order valence-corrected chi connectivity index (χ2v) is 5.84. The number of urea groups is 1. The number of ether oxygens (including phenoxy) is 3. The van der Waals surface area contributed by atoms with Crippen LogP contribution in [-0.2, 0) is 12.8 Å². The molecular weight excluding hydrogens is 351 g/mol. The molecule has 0 saturated heterocycles. The standard InChI is InChI=1S/C20H25FN2O4/c1-25-17-12-15(13-18(26-2)19(17)27-3)9-11-23-20(24)22-10-8-14-4-6-16(21)7-5-14/h4-7,12-13H,8-11H2,1-3H3,(H2,22,23,24). The van der Waals surface area contributed by atoms with Crippen molar-refractivity contribution in [3.63, 3.8) is 0 Å². The molecule has 2 aromatic rings. The smallest absolute Gasteiger partial charge is 0.314 e. The summed E-state index contributed by atoms with van der Waals surface area (Å²) in [6.45, 7) is 0.933. The number of benzene rings is 2. The molecule has 0 spiro atoms. The molecule has 146 valence electrons. The van der Waals surface area contributed by atoms with Crippen molar-refractivity contribution < 1.29 is 23.4 Å². The molecule has 2 aromatic carbocycles. The van der Waals surface area contributed by atoms with Crippen LogP contribution in [0, 0.1) is 5.82 Å². The quantitative estimate of drug-likeness (QED) is 0.706. The van der Waals surface area contributed by atoms with Crippen LogP contribution in [0.2, 0.25) is 0 Å². The Morgan fingerprint density at radius 2 is 1.37 bits per heavy atom. The zero-order valence-electron chi connectivity index (χ0n) is 15.8. The third-order valence-corrected chi connectivity index (χ3v) is 4.04. The Balaban J connectivity index is 1.78. The number of hydrogen-bond acceptors (Lipinski definition) is 4. The van der Waals surface area contributed by atoms with E-state index in [1.165, 1.54) is 12.1 Å². The summed E-state index contributed by atoms with van der Waals surface area (Å²) < 4.78 is 28.8. The van der Waals surface area contributed by atoms with Gasteiger partial charge >= 0.3 is 6.03 Å². The molecule has 0 aliphatic carbocycles. The predicted molar refractivity (Wildman–Crippen MR) is 101 cm³/mol. The van der Waals surface area contributed by atoms with Gasteiger partial charge in [-0.1, -0.05) is 12.1 Å². The molecule has 0 radical (unpaired) electrons. The molecule has 0 unspecified atom stereocenters. The molecule has 2 amide bonds. The number of hydrogen-bond donors (Lipinski definition) is 2. The van der Waals surface area contributed by atoms with E-state index in [4.69, 9.17) is 14.2 Å². The second-order valence-electron chi connectivity index (χ2n) is 5.84. The Labute approximate surface area is 158 Å². The lowest BCUT2D eigenvalue weighted by molar-refractivity contribution is 0.241. The van der Waals surface area contributed by atoms with Crippen LogP contribution < -0.4 is 24.8 Å². The van der Waals surface area contributed by atoms with Crippen molar-refractivity contribution in [3.8, 4) is 17.2 Å². The Kier molecular flexibility index (Phi) is 7.73. The first-order chi connectivity index (χ1) is 13.1. The van der Waals surface area contributed by atoms with Crippen LogP contribution in [0.1, 0.15) is 11.1 Å². The zero-order valence-corrected chi connectivity index (χ0v) is 15.8. The van der Waals surface area contributed by atoms with Gasteiger partial charge in [0.25, 0.3) is 0 Å². The number of amides is 2. The first-order valence-electron chi connectivity index (χ1n) is 8.62. The molecule has 0 bridgehead atoms. The Hall–Kier alpha value is -2.96. The average Bonchev–Trinajstić information content (AvgIpc) is 2.68. The fourth-order valence-corrected chi connectivity index (χ4v) is 2.63. The molecule has 0 fully saturated rings. The van der Waals surface area contributed by atoms with Crippen LogP contribution >= 0.6 is 0 Å². The molecule has 0 heterocycles. The fourth-order valence-electron chi connectivity index (χ4n) is 2.63. The highest BCUT2D eigenvalue weighted by atomic mass is 19.1. The summed E-state index contributed by atoms with van der Waals surface area (Å²) in [7, 11) is 4.68. The summed E-state index contributed by atoms with van der Waals surface area (Å²) in [5, 5.41) is 5.59. The molecule has 0 saturated carbocycles. The molecule has 27 heavy (non-hydrogen) atoms. The van der Waals surface area contributed by atoms with E-state index >= 15 is 0 Å². The largest absolute Gasteiger partial charge is 0.493 e. The van der Waals surface area contributed by atoms with E-state index in [9.17, 15) is 9.18 Å². The van der Waals surface area contributed by atoms with Gasteiger partial charge in [0.15, 0.2) is 11.5 Å². The summed E-state index contributed by atoms with van der Waals surface area (Å²) >= 11 is 0. The summed E-state index contributed by atoms with van der Waals surface area (Å²) in [6, 6.07) is 9.70. The monoisotopic (exact) mass is 376 g/mol. The molecular formula is C20H25FN2O4. The fraction of sp³-hybridized carbons (Fsp3) is 0.350. The van der Waals surface area contributed by atoms with Gasteiger partial charge in [-0.25, -0.2) is 9.18 Å². The summed E-state index contributed by atoms with van der Waals surface area (Å²) in [5.74, 6) is 1.43. The highest BCUT2D eigenvalue weighted by Crippen LogP contribution is 2.38. The van der Waals surface area contributed by atoms with Crippen molar-refractivity contribution in [3.05, 3.63) is 53.3 Å². The Morgan fingerprint density at radius 3 is 1.85 bits per heavy atom. The topological polar surface area (TPSA) is 68.8 Å². The number of nitrogens with one attached hydrogen (secondary N) is 2. The average molecular weight is 376 g/mol. The normalized spacial score (nSPS) is 10.2. The van der Waals surface area contributed by atoms with E-state index in [0.29, 0.717) is 43.2 Å². The first kappa shape index (κ1) is 20.4. The molecule has 0 aliphatic rings. The predicted octanol–water partition coefficient (Wildman–Crippen LogP) is 2.94. The van der Waals surface area contributed by atoms with Gasteiger partial charge in [0, 0.05) is 13.1 Å². The van der Waals surface area contributed by atoms with Crippen LogP contribution in [0.4, 0.5) is 9.18 Å². The minimum absolute atomic E-state index is 0.246. The van der Waals surface area contributed by atoms with Gasteiger partial charge in [-0.2, -0.15) is 0 Å². The van der Waals surface area contributed by atoms with Gasteiger partial charge in [0.2, 0.25) is 5.75 Å². The molecule has 2 N–H and O–H groups in total. The van der Waals surface area contributed by atoms with Crippen molar-refractivity contribution in [2.45, 2.75) is 12.8 Å².